The summed E-state index contributed by atoms with van der Waals surface area (Å²) in [5.74, 6) is 0.0670. The fraction of sp³-hybridized carbons (Fsp3) is 0.319. The molecule has 29 nitrogen and oxygen atoms in total. The van der Waals surface area contributed by atoms with E-state index in [0.717, 1.165) is 103 Å². The Morgan fingerprint density at radius 2 is 0.854 bits per heavy atom. The molecule has 13 heterocycles. The molecule has 0 saturated heterocycles. The number of nitriles is 1. The summed E-state index contributed by atoms with van der Waals surface area (Å²) in [6, 6.07) is 36.1. The van der Waals surface area contributed by atoms with Crippen LogP contribution < -0.4 is 53.0 Å². The van der Waals surface area contributed by atoms with Crippen LogP contribution in [-0.4, -0.2) is 115 Å². The molecule has 0 radical (unpaired) electrons. The molecule has 4 atom stereocenters. The van der Waals surface area contributed by atoms with Crippen molar-refractivity contribution < 1.29 is 33.4 Å². The third kappa shape index (κ3) is 19.4. The molecule has 14 rings (SSSR count). The average molecular weight is 1660 g/mol. The van der Waals surface area contributed by atoms with Gasteiger partial charge in [0.15, 0.2) is 0 Å². The zero-order valence-electron chi connectivity index (χ0n) is 72.8. The lowest BCUT2D eigenvalue weighted by Crippen LogP contribution is -2.29. The molecule has 0 aliphatic rings. The summed E-state index contributed by atoms with van der Waals surface area (Å²) in [6.07, 6.45) is 12.9. The Balaban J connectivity index is 0.000000160. The second-order valence-corrected chi connectivity index (χ2v) is 30.6. The number of amides is 4. The number of H-pyrrole nitrogens is 4. The summed E-state index contributed by atoms with van der Waals surface area (Å²) in [5, 5.41) is 24.0. The molecule has 0 aliphatic carbocycles. The van der Waals surface area contributed by atoms with Crippen LogP contribution in [-0.2, 0) is 37.3 Å². The Bertz CT molecular complexity index is 6570. The van der Waals surface area contributed by atoms with Crippen LogP contribution in [0.2, 0.25) is 0 Å². The van der Waals surface area contributed by atoms with Gasteiger partial charge in [-0.15, -0.1) is 0 Å². The van der Waals surface area contributed by atoms with Crippen molar-refractivity contribution in [3.05, 3.63) is 306 Å². The molecule has 0 saturated carbocycles. The second-order valence-electron chi connectivity index (χ2n) is 30.6. The zero-order chi connectivity index (χ0) is 88.8. The number of methoxy groups -OCH3 is 3. The number of aromatic nitrogens is 13. The molecule has 13 aromatic heterocycles. The van der Waals surface area contributed by atoms with Crippen LogP contribution in [0, 0.1) is 80.6 Å². The topological polar surface area (TPSA) is 383 Å². The summed E-state index contributed by atoms with van der Waals surface area (Å²) < 4.78 is 23.9. The number of hydrogen-bond donors (Lipinski definition) is 8. The number of carbonyl (C=O) groups is 4. The monoisotopic (exact) mass is 1660 g/mol. The summed E-state index contributed by atoms with van der Waals surface area (Å²) in [4.78, 5) is 136. The first-order valence-corrected chi connectivity index (χ1v) is 40.8. The van der Waals surface area contributed by atoms with Gasteiger partial charge in [-0.1, -0.05) is 50.6 Å². The quantitative estimate of drug-likeness (QED) is 0.0263. The highest BCUT2D eigenvalue weighted by Gasteiger charge is 2.30. The largest absolute Gasteiger partial charge is 0.496 e. The lowest BCUT2D eigenvalue weighted by molar-refractivity contribution is 0.0942. The molecule has 4 unspecified atom stereocenters. The maximum atomic E-state index is 13.3. The smallest absolute Gasteiger partial charge is 0.256 e. The molecule has 1 aromatic carbocycles. The van der Waals surface area contributed by atoms with Gasteiger partial charge >= 0.3 is 0 Å². The van der Waals surface area contributed by atoms with E-state index in [2.05, 4.69) is 103 Å². The highest BCUT2D eigenvalue weighted by atomic mass is 16.5. The number of aromatic amines is 4. The van der Waals surface area contributed by atoms with E-state index in [0.29, 0.717) is 90.7 Å². The maximum absolute atomic E-state index is 13.3. The number of benzene rings is 1. The van der Waals surface area contributed by atoms with Gasteiger partial charge in [-0.05, 0) is 210 Å². The van der Waals surface area contributed by atoms with E-state index < -0.39 is 6.04 Å². The normalized spacial score (nSPS) is 12.1. The van der Waals surface area contributed by atoms with Crippen molar-refractivity contribution in [3.63, 3.8) is 0 Å². The Kier molecular flexibility index (Phi) is 29.0. The van der Waals surface area contributed by atoms with E-state index >= 15 is 0 Å². The van der Waals surface area contributed by atoms with Gasteiger partial charge < -0.3 is 73.7 Å². The van der Waals surface area contributed by atoms with Gasteiger partial charge in [-0.3, -0.25) is 43.3 Å². The van der Waals surface area contributed by atoms with Crippen molar-refractivity contribution in [2.45, 2.75) is 173 Å². The minimum Gasteiger partial charge on any atom is -0.496 e. The van der Waals surface area contributed by atoms with Crippen LogP contribution in [0.4, 0.5) is 0 Å². The average Bonchev–Trinajstić information content (AvgIpc) is 1.57. The first-order chi connectivity index (χ1) is 59.0. The molecule has 0 aliphatic heterocycles. The molecule has 0 bridgehead atoms. The Morgan fingerprint density at radius 1 is 0.455 bits per heavy atom. The van der Waals surface area contributed by atoms with Gasteiger partial charge in [-0.2, -0.15) is 5.26 Å². The molecule has 4 amide bonds. The van der Waals surface area contributed by atoms with Crippen LogP contribution >= 0.6 is 0 Å². The van der Waals surface area contributed by atoms with Crippen molar-refractivity contribution >= 4 is 67.8 Å². The summed E-state index contributed by atoms with van der Waals surface area (Å²) in [7, 11) is 4.74. The molecule has 0 spiro atoms. The van der Waals surface area contributed by atoms with Crippen molar-refractivity contribution in [2.24, 2.45) is 0 Å². The predicted octanol–water partition coefficient (Wildman–Crippen LogP) is 14.0. The number of aryl methyl sites for hydroxylation is 7. The number of ether oxygens (including phenoxy) is 3. The first kappa shape index (κ1) is 89.6. The summed E-state index contributed by atoms with van der Waals surface area (Å²) in [6.45, 7) is 29.7. The second kappa shape index (κ2) is 39.8. The SMILES string of the molecule is CCC(c1ccccc1)n1c(C)c(C(=O)NCc2c(C)cc(C)[nH]c2=O)c2cccnc21.CCCc1cc(C)[nH]c(=O)c1CNC(=O)c1c(C)n(C(C)COC)c2ncccc12.COc1cc(C)[nH]c(=O)c1CNC(=O)c1c(C)n(C(C)C#N)c2ncccc12.COc1cncc(C(C)n2c(C)c(C(=O)NCc3c(C)cc(C)[nH]c3=O)c3cccnc32)c1. The standard InChI is InChI=1S/C26H28N4O2.C25H27N5O3.C23H30N4O3.C20H21N5O3/c1-5-22(19-10-7-6-8-11-19)30-18(4)23(20-12-9-13-27-24(20)30)26(32)28-15-21-16(2)14-17(3)29-25(21)31;1-14-9-15(2)29-24(31)21(14)13-28-25(32)22-17(4)30(23-20(22)7-6-8-27-23)16(3)18-10-19(33-5)12-26-11-18;1-6-8-17-11-14(2)26-22(28)19(17)12-25-23(29)20-16(4)27(15(3)13-30-5)21-18(20)9-7-10-24-21;1-11-8-16(28-4)15(19(26)24-11)10-23-20(27)17-13(3)25(12(2)9-21)18-14(17)6-5-7-22-18/h6-14,22H,5,15H2,1-4H3,(H,28,32)(H,29,31);6-12,16H,13H2,1-5H3,(H,28,32)(H,29,31);7,9-11,15H,6,8,12-13H2,1-5H3,(H,25,29)(H,26,28);5-8,12H,10H2,1-4H3,(H,23,27)(H,24,26). The highest BCUT2D eigenvalue weighted by Crippen LogP contribution is 2.36. The fourth-order valence-electron chi connectivity index (χ4n) is 16.3. The molecular weight excluding hydrogens is 1560 g/mol. The number of hydrogen-bond acceptors (Lipinski definition) is 17. The van der Waals surface area contributed by atoms with E-state index in [1.807, 2.05) is 157 Å². The molecule has 29 heteroatoms. The van der Waals surface area contributed by atoms with Gasteiger partial charge in [0.05, 0.1) is 85.6 Å². The predicted molar refractivity (Wildman–Crippen MR) is 476 cm³/mol. The van der Waals surface area contributed by atoms with Crippen molar-refractivity contribution in [2.75, 3.05) is 27.9 Å². The number of rotatable bonds is 25. The molecular formula is C94H106N18O11. The van der Waals surface area contributed by atoms with Gasteiger partial charge in [0.2, 0.25) is 0 Å². The molecule has 638 valence electrons. The fourth-order valence-corrected chi connectivity index (χ4v) is 16.3. The van der Waals surface area contributed by atoms with Gasteiger partial charge in [-0.25, -0.2) is 19.9 Å². The van der Waals surface area contributed by atoms with Crippen LogP contribution in [0.15, 0.2) is 166 Å². The van der Waals surface area contributed by atoms with E-state index in [4.69, 9.17) is 14.2 Å². The number of nitrogens with one attached hydrogen (secondary N) is 8. The first-order valence-electron chi connectivity index (χ1n) is 40.8. The van der Waals surface area contributed by atoms with Gasteiger partial charge in [0.1, 0.15) is 40.1 Å². The highest BCUT2D eigenvalue weighted by molar-refractivity contribution is 6.10. The van der Waals surface area contributed by atoms with Crippen molar-refractivity contribution in [1.82, 2.24) is 84.4 Å². The van der Waals surface area contributed by atoms with Crippen LogP contribution in [0.5, 0.6) is 11.5 Å². The summed E-state index contributed by atoms with van der Waals surface area (Å²) in [5.41, 5.74) is 17.3. The van der Waals surface area contributed by atoms with Gasteiger partial charge in [0, 0.05) is 142 Å². The number of fused-ring (bicyclic) bond motifs is 4. The summed E-state index contributed by atoms with van der Waals surface area (Å²) >= 11 is 0. The maximum Gasteiger partial charge on any atom is 0.256 e. The number of pyridine rings is 9. The van der Waals surface area contributed by atoms with Crippen molar-refractivity contribution in [3.8, 4) is 17.6 Å². The zero-order valence-corrected chi connectivity index (χ0v) is 72.8. The van der Waals surface area contributed by atoms with E-state index in [1.165, 1.54) is 12.7 Å². The Morgan fingerprint density at radius 3 is 1.29 bits per heavy atom. The molecule has 0 fully saturated rings. The minimum atomic E-state index is -0.473. The van der Waals surface area contributed by atoms with E-state index in [-0.39, 0.29) is 90.2 Å². The molecule has 123 heavy (non-hydrogen) atoms. The van der Waals surface area contributed by atoms with Gasteiger partial charge in [0.25, 0.3) is 45.9 Å². The Hall–Kier alpha value is -14.1. The third-order valence-corrected chi connectivity index (χ3v) is 22.1. The van der Waals surface area contributed by atoms with Crippen LogP contribution in [0.3, 0.4) is 0 Å². The number of carbonyl (C=O) groups excluding carboxylic acids is 4. The Labute approximate surface area is 711 Å². The lowest BCUT2D eigenvalue weighted by Gasteiger charge is -2.20. The van der Waals surface area contributed by atoms with E-state index in [9.17, 15) is 43.6 Å². The molecule has 8 N–H and O–H groups in total. The minimum absolute atomic E-state index is 0.0117. The lowest BCUT2D eigenvalue weighted by atomic mass is 10.0. The van der Waals surface area contributed by atoms with E-state index in [1.54, 1.807) is 94.9 Å². The van der Waals surface area contributed by atoms with Crippen molar-refractivity contribution in [1.29, 1.82) is 5.26 Å². The molecule has 14 aromatic rings. The third-order valence-electron chi connectivity index (χ3n) is 22.1. The van der Waals surface area contributed by atoms with Crippen LogP contribution in [0.1, 0.15) is 209 Å². The number of nitrogens with zero attached hydrogens (tertiary/aromatic N) is 10. The van der Waals surface area contributed by atoms with Crippen LogP contribution in [0.25, 0.3) is 44.1 Å².